The molecule has 0 spiro atoms. The zero-order valence-corrected chi connectivity index (χ0v) is 13.2. The minimum atomic E-state index is 0.323. The van der Waals surface area contributed by atoms with Gasteiger partial charge in [0, 0.05) is 18.4 Å². The van der Waals surface area contributed by atoms with Crippen molar-refractivity contribution in [3.63, 3.8) is 0 Å². The molecule has 0 amide bonds. The summed E-state index contributed by atoms with van der Waals surface area (Å²) in [5.41, 5.74) is 3.69. The third-order valence-electron chi connectivity index (χ3n) is 3.56. The first-order chi connectivity index (χ1) is 10.2. The number of rotatable bonds is 7. The van der Waals surface area contributed by atoms with Crippen LogP contribution in [0.15, 0.2) is 54.6 Å². The van der Waals surface area contributed by atoms with Gasteiger partial charge in [0.1, 0.15) is 0 Å². The first-order valence-corrected chi connectivity index (χ1v) is 7.59. The lowest BCUT2D eigenvalue weighted by Gasteiger charge is -2.24. The number of nitrogens with one attached hydrogen (secondary N) is 1. The highest BCUT2D eigenvalue weighted by Crippen LogP contribution is 2.28. The summed E-state index contributed by atoms with van der Waals surface area (Å²) in [6.07, 6.45) is 1.10. The summed E-state index contributed by atoms with van der Waals surface area (Å²) >= 11 is 0. The van der Waals surface area contributed by atoms with Crippen LogP contribution in [0.3, 0.4) is 0 Å². The number of anilines is 1. The summed E-state index contributed by atoms with van der Waals surface area (Å²) in [5, 5.41) is 3.70. The lowest BCUT2D eigenvalue weighted by atomic mass is 9.96. The number of methoxy groups -OCH3 is 1. The van der Waals surface area contributed by atoms with Gasteiger partial charge in [-0.15, -0.1) is 0 Å². The van der Waals surface area contributed by atoms with Gasteiger partial charge in [-0.25, -0.2) is 0 Å². The van der Waals surface area contributed by atoms with E-state index in [-0.39, 0.29) is 0 Å². The van der Waals surface area contributed by atoms with Gasteiger partial charge in [-0.3, -0.25) is 0 Å². The topological polar surface area (TPSA) is 21.3 Å². The normalized spacial score (nSPS) is 12.4. The number of para-hydroxylation sites is 1. The van der Waals surface area contributed by atoms with Gasteiger partial charge < -0.3 is 10.1 Å². The van der Waals surface area contributed by atoms with Crippen molar-refractivity contribution < 1.29 is 4.74 Å². The molecule has 0 radical (unpaired) electrons. The highest BCUT2D eigenvalue weighted by molar-refractivity contribution is 5.52. The van der Waals surface area contributed by atoms with Gasteiger partial charge in [0.2, 0.25) is 0 Å². The zero-order valence-electron chi connectivity index (χ0n) is 13.2. The van der Waals surface area contributed by atoms with Crippen molar-refractivity contribution in [1.29, 1.82) is 0 Å². The molecule has 2 aromatic rings. The Morgan fingerprint density at radius 2 is 1.62 bits per heavy atom. The van der Waals surface area contributed by atoms with E-state index in [1.807, 2.05) is 0 Å². The highest BCUT2D eigenvalue weighted by atomic mass is 16.5. The highest BCUT2D eigenvalue weighted by Gasteiger charge is 2.14. The molecule has 0 bridgehead atoms. The van der Waals surface area contributed by atoms with Crippen molar-refractivity contribution in [2.45, 2.75) is 32.9 Å². The molecule has 0 aliphatic rings. The maximum atomic E-state index is 5.30. The standard InChI is InChI=1S/C19H25NO/c1-15(2)13-19(16-9-5-4-6-10-16)20-18-12-8-7-11-17(18)14-21-3/h4-12,15,19-20H,13-14H2,1-3H3. The van der Waals surface area contributed by atoms with Crippen LogP contribution in [0.5, 0.6) is 0 Å². The fourth-order valence-electron chi connectivity index (χ4n) is 2.57. The van der Waals surface area contributed by atoms with E-state index in [0.717, 1.165) is 12.1 Å². The predicted molar refractivity (Wildman–Crippen MR) is 89.4 cm³/mol. The van der Waals surface area contributed by atoms with Gasteiger partial charge in [-0.2, -0.15) is 0 Å². The van der Waals surface area contributed by atoms with Crippen LogP contribution in [0.2, 0.25) is 0 Å². The molecule has 1 unspecified atom stereocenters. The lowest BCUT2D eigenvalue weighted by Crippen LogP contribution is -2.14. The molecule has 2 rings (SSSR count). The fraction of sp³-hybridized carbons (Fsp3) is 0.368. The predicted octanol–water partition coefficient (Wildman–Crippen LogP) is 5.03. The van der Waals surface area contributed by atoms with E-state index in [1.54, 1.807) is 7.11 Å². The largest absolute Gasteiger partial charge is 0.380 e. The molecule has 0 saturated carbocycles. The zero-order chi connectivity index (χ0) is 15.1. The Labute approximate surface area is 128 Å². The third-order valence-corrected chi connectivity index (χ3v) is 3.56. The number of hydrogen-bond donors (Lipinski definition) is 1. The van der Waals surface area contributed by atoms with Crippen LogP contribution in [-0.2, 0) is 11.3 Å². The summed E-state index contributed by atoms with van der Waals surface area (Å²) in [4.78, 5) is 0. The van der Waals surface area contributed by atoms with Gasteiger partial charge >= 0.3 is 0 Å². The fourth-order valence-corrected chi connectivity index (χ4v) is 2.57. The van der Waals surface area contributed by atoms with Crippen LogP contribution in [0, 0.1) is 5.92 Å². The van der Waals surface area contributed by atoms with E-state index < -0.39 is 0 Å². The van der Waals surface area contributed by atoms with Gasteiger partial charge in [0.15, 0.2) is 0 Å². The summed E-state index contributed by atoms with van der Waals surface area (Å²) in [7, 11) is 1.74. The molecule has 2 heteroatoms. The summed E-state index contributed by atoms with van der Waals surface area (Å²) in [5.74, 6) is 0.636. The van der Waals surface area contributed by atoms with Crippen molar-refractivity contribution >= 4 is 5.69 Å². The summed E-state index contributed by atoms with van der Waals surface area (Å²) in [6.45, 7) is 5.16. The van der Waals surface area contributed by atoms with E-state index in [0.29, 0.717) is 18.6 Å². The van der Waals surface area contributed by atoms with E-state index >= 15 is 0 Å². The lowest BCUT2D eigenvalue weighted by molar-refractivity contribution is 0.185. The second kappa shape index (κ2) is 7.84. The molecule has 2 aromatic carbocycles. The molecule has 0 heterocycles. The van der Waals surface area contributed by atoms with Gasteiger partial charge in [-0.05, 0) is 24.0 Å². The van der Waals surface area contributed by atoms with Crippen LogP contribution in [0.4, 0.5) is 5.69 Å². The summed E-state index contributed by atoms with van der Waals surface area (Å²) in [6, 6.07) is 19.3. The average molecular weight is 283 g/mol. The Morgan fingerprint density at radius 1 is 0.952 bits per heavy atom. The molecule has 0 saturated heterocycles. The number of hydrogen-bond acceptors (Lipinski definition) is 2. The quantitative estimate of drug-likeness (QED) is 0.769. The molecule has 0 aromatic heterocycles. The van der Waals surface area contributed by atoms with Crippen molar-refractivity contribution in [3.05, 3.63) is 65.7 Å². The minimum absolute atomic E-state index is 0.323. The second-order valence-electron chi connectivity index (χ2n) is 5.83. The van der Waals surface area contributed by atoms with E-state index in [9.17, 15) is 0 Å². The Kier molecular flexibility index (Phi) is 5.82. The van der Waals surface area contributed by atoms with E-state index in [1.165, 1.54) is 11.1 Å². The molecule has 0 aliphatic carbocycles. The van der Waals surface area contributed by atoms with Crippen LogP contribution >= 0.6 is 0 Å². The molecule has 1 N–H and O–H groups in total. The van der Waals surface area contributed by atoms with Gasteiger partial charge in [0.05, 0.1) is 12.6 Å². The van der Waals surface area contributed by atoms with Crippen molar-refractivity contribution in [3.8, 4) is 0 Å². The first-order valence-electron chi connectivity index (χ1n) is 7.59. The number of ether oxygens (including phenoxy) is 1. The van der Waals surface area contributed by atoms with Gasteiger partial charge in [0.25, 0.3) is 0 Å². The monoisotopic (exact) mass is 283 g/mol. The molecule has 0 fully saturated rings. The minimum Gasteiger partial charge on any atom is -0.380 e. The first kappa shape index (κ1) is 15.6. The number of benzene rings is 2. The molecule has 0 aliphatic heterocycles. The Morgan fingerprint density at radius 3 is 2.29 bits per heavy atom. The van der Waals surface area contributed by atoms with Gasteiger partial charge in [-0.1, -0.05) is 62.4 Å². The molecule has 2 nitrogen and oxygen atoms in total. The Balaban J connectivity index is 2.23. The maximum absolute atomic E-state index is 5.30. The maximum Gasteiger partial charge on any atom is 0.0733 e. The van der Waals surface area contributed by atoms with Crippen molar-refractivity contribution in [2.75, 3.05) is 12.4 Å². The van der Waals surface area contributed by atoms with Crippen molar-refractivity contribution in [1.82, 2.24) is 0 Å². The second-order valence-corrected chi connectivity index (χ2v) is 5.83. The van der Waals surface area contributed by atoms with E-state index in [4.69, 9.17) is 4.74 Å². The van der Waals surface area contributed by atoms with Crippen LogP contribution in [-0.4, -0.2) is 7.11 Å². The Bertz CT molecular complexity index is 536. The summed E-state index contributed by atoms with van der Waals surface area (Å²) < 4.78 is 5.30. The third kappa shape index (κ3) is 4.61. The van der Waals surface area contributed by atoms with E-state index in [2.05, 4.69) is 73.8 Å². The Hall–Kier alpha value is -1.80. The van der Waals surface area contributed by atoms with Crippen LogP contribution in [0.1, 0.15) is 37.4 Å². The smallest absolute Gasteiger partial charge is 0.0733 e. The molecule has 1 atom stereocenters. The molecular weight excluding hydrogens is 258 g/mol. The average Bonchev–Trinajstić information content (AvgIpc) is 2.49. The van der Waals surface area contributed by atoms with Crippen LogP contribution in [0.25, 0.3) is 0 Å². The molecule has 112 valence electrons. The van der Waals surface area contributed by atoms with Crippen molar-refractivity contribution in [2.24, 2.45) is 5.92 Å². The molecular formula is C19H25NO. The van der Waals surface area contributed by atoms with Crippen LogP contribution < -0.4 is 5.32 Å². The molecule has 21 heavy (non-hydrogen) atoms. The SMILES string of the molecule is COCc1ccccc1NC(CC(C)C)c1ccccc1.